The van der Waals surface area contributed by atoms with Gasteiger partial charge in [0.05, 0.1) is 18.2 Å². The van der Waals surface area contributed by atoms with Gasteiger partial charge in [-0.1, -0.05) is 6.07 Å². The van der Waals surface area contributed by atoms with Crippen molar-refractivity contribution in [2.45, 2.75) is 0 Å². The van der Waals surface area contributed by atoms with Gasteiger partial charge in [-0.15, -0.1) is 0 Å². The van der Waals surface area contributed by atoms with Crippen LogP contribution in [0, 0.1) is 0 Å². The Labute approximate surface area is 103 Å². The summed E-state index contributed by atoms with van der Waals surface area (Å²) >= 11 is 0. The maximum absolute atomic E-state index is 11.0. The monoisotopic (exact) mass is 204 g/mol. The number of ether oxygens (including phenoxy) is 1. The topological polar surface area (TPSA) is 63.6 Å². The molecule has 0 aliphatic heterocycles. The summed E-state index contributed by atoms with van der Waals surface area (Å²) < 4.78 is 4.44. The van der Waals surface area contributed by atoms with Crippen molar-refractivity contribution in [3.05, 3.63) is 35.4 Å². The second kappa shape index (κ2) is 5.80. The number of methoxy groups -OCH3 is 1. The van der Waals surface area contributed by atoms with Crippen LogP contribution in [0.2, 0.25) is 0 Å². The van der Waals surface area contributed by atoms with Gasteiger partial charge < -0.3 is 9.84 Å². The zero-order chi connectivity index (χ0) is 9.84. The minimum absolute atomic E-state index is 0. The van der Waals surface area contributed by atoms with Crippen molar-refractivity contribution in [2.24, 2.45) is 0 Å². The zero-order valence-corrected chi connectivity index (χ0v) is 6.98. The molecule has 14 heavy (non-hydrogen) atoms. The van der Waals surface area contributed by atoms with E-state index in [0.29, 0.717) is 0 Å². The van der Waals surface area contributed by atoms with E-state index in [1.54, 1.807) is 0 Å². The Bertz CT molecular complexity index is 348. The van der Waals surface area contributed by atoms with Crippen molar-refractivity contribution in [3.63, 3.8) is 0 Å². The molecule has 0 aliphatic rings. The third-order valence-corrected chi connectivity index (χ3v) is 1.53. The molecule has 0 spiro atoms. The molecule has 0 heterocycles. The first-order valence-electron chi connectivity index (χ1n) is 3.57. The Morgan fingerprint density at radius 3 is 2.36 bits per heavy atom. The molecule has 0 atom stereocenters. The first-order chi connectivity index (χ1) is 6.15. The van der Waals surface area contributed by atoms with Crippen LogP contribution in [0.1, 0.15) is 20.7 Å². The van der Waals surface area contributed by atoms with E-state index < -0.39 is 11.9 Å². The third kappa shape index (κ3) is 3.14. The fourth-order valence-electron chi connectivity index (χ4n) is 0.897. The Morgan fingerprint density at radius 2 is 1.86 bits per heavy atom. The molecule has 0 unspecified atom stereocenters. The van der Waals surface area contributed by atoms with Crippen LogP contribution in [0.15, 0.2) is 24.3 Å². The molecule has 1 aromatic carbocycles. The van der Waals surface area contributed by atoms with E-state index in [2.05, 4.69) is 4.74 Å². The van der Waals surface area contributed by atoms with Crippen LogP contribution < -0.4 is 0 Å². The van der Waals surface area contributed by atoms with Gasteiger partial charge in [0.1, 0.15) is 0 Å². The van der Waals surface area contributed by atoms with Crippen molar-refractivity contribution >= 4 is 41.5 Å². The van der Waals surface area contributed by atoms with Gasteiger partial charge in [0.2, 0.25) is 0 Å². The normalized spacial score (nSPS) is 8.64. The number of carboxylic acids is 1. The Kier molecular flexibility index (Phi) is 5.45. The molecule has 5 heteroatoms. The molecule has 0 saturated heterocycles. The van der Waals surface area contributed by atoms with Gasteiger partial charge in [0.15, 0.2) is 0 Å². The predicted octanol–water partition coefficient (Wildman–Crippen LogP) is 0.523. The van der Waals surface area contributed by atoms with Gasteiger partial charge >= 0.3 is 41.5 Å². The van der Waals surface area contributed by atoms with Crippen LogP contribution in [0.25, 0.3) is 0 Å². The van der Waals surface area contributed by atoms with E-state index >= 15 is 0 Å². The number of aromatic carboxylic acids is 1. The molecule has 0 fully saturated rings. The SMILES string of the molecule is COC(=O)c1cccc(C(=O)O)c1.[NaH]. The number of hydrogen-bond donors (Lipinski definition) is 1. The van der Waals surface area contributed by atoms with Crippen molar-refractivity contribution in [3.8, 4) is 0 Å². The summed E-state index contributed by atoms with van der Waals surface area (Å²) in [5.41, 5.74) is 0.310. The second-order valence-corrected chi connectivity index (χ2v) is 2.38. The summed E-state index contributed by atoms with van der Waals surface area (Å²) in [6, 6.07) is 5.68. The first kappa shape index (κ1) is 13.2. The molecule has 70 valence electrons. The van der Waals surface area contributed by atoms with Gasteiger partial charge in [-0.25, -0.2) is 9.59 Å². The van der Waals surface area contributed by atoms with Crippen LogP contribution in [-0.4, -0.2) is 53.7 Å². The summed E-state index contributed by atoms with van der Waals surface area (Å²) in [7, 11) is 1.25. The quantitative estimate of drug-likeness (QED) is 0.563. The molecule has 1 rings (SSSR count). The maximum atomic E-state index is 11.0. The van der Waals surface area contributed by atoms with E-state index in [1.807, 2.05) is 0 Å². The van der Waals surface area contributed by atoms with Crippen LogP contribution >= 0.6 is 0 Å². The van der Waals surface area contributed by atoms with E-state index in [0.717, 1.165) is 0 Å². The van der Waals surface area contributed by atoms with E-state index in [9.17, 15) is 9.59 Å². The number of benzene rings is 1. The van der Waals surface area contributed by atoms with E-state index in [-0.39, 0.29) is 40.7 Å². The summed E-state index contributed by atoms with van der Waals surface area (Å²) in [6.45, 7) is 0. The molecule has 0 bridgehead atoms. The molecule has 0 aliphatic carbocycles. The minimum atomic E-state index is -1.06. The Balaban J connectivity index is 0.00000169. The molecule has 4 nitrogen and oxygen atoms in total. The third-order valence-electron chi connectivity index (χ3n) is 1.53. The fraction of sp³-hybridized carbons (Fsp3) is 0.111. The van der Waals surface area contributed by atoms with Gasteiger partial charge in [0.25, 0.3) is 0 Å². The molecular formula is C9H9NaO4. The Hall–Kier alpha value is -0.840. The van der Waals surface area contributed by atoms with Gasteiger partial charge in [-0.3, -0.25) is 0 Å². The number of carboxylic acid groups (broad SMARTS) is 1. The summed E-state index contributed by atoms with van der Waals surface area (Å²) in [6.07, 6.45) is 0. The summed E-state index contributed by atoms with van der Waals surface area (Å²) in [4.78, 5) is 21.5. The van der Waals surface area contributed by atoms with Gasteiger partial charge in [0, 0.05) is 0 Å². The molecule has 1 aromatic rings. The first-order valence-corrected chi connectivity index (χ1v) is 3.57. The van der Waals surface area contributed by atoms with Gasteiger partial charge in [-0.05, 0) is 18.2 Å². The number of carbonyl (C=O) groups is 2. The van der Waals surface area contributed by atoms with Crippen LogP contribution in [-0.2, 0) is 4.74 Å². The van der Waals surface area contributed by atoms with Crippen molar-refractivity contribution < 1.29 is 19.4 Å². The number of rotatable bonds is 2. The van der Waals surface area contributed by atoms with Gasteiger partial charge in [-0.2, -0.15) is 0 Å². The van der Waals surface area contributed by atoms with Crippen molar-refractivity contribution in [1.82, 2.24) is 0 Å². The fourth-order valence-corrected chi connectivity index (χ4v) is 0.897. The molecule has 0 aromatic heterocycles. The molecule has 1 N–H and O–H groups in total. The molecule has 0 saturated carbocycles. The summed E-state index contributed by atoms with van der Waals surface area (Å²) in [5.74, 6) is -1.60. The average Bonchev–Trinajstić information content (AvgIpc) is 2.17. The average molecular weight is 204 g/mol. The molecular weight excluding hydrogens is 195 g/mol. The number of esters is 1. The summed E-state index contributed by atoms with van der Waals surface area (Å²) in [5, 5.41) is 8.61. The van der Waals surface area contributed by atoms with Crippen LogP contribution in [0.4, 0.5) is 0 Å². The predicted molar refractivity (Wildman–Crippen MR) is 51.9 cm³/mol. The van der Waals surface area contributed by atoms with Crippen LogP contribution in [0.3, 0.4) is 0 Å². The van der Waals surface area contributed by atoms with Crippen molar-refractivity contribution in [2.75, 3.05) is 7.11 Å². The standard InChI is InChI=1S/C9H8O4.Na.H/c1-13-9(12)7-4-2-3-6(5-7)8(10)11;;/h2-5H,1H3,(H,10,11);;. The van der Waals surface area contributed by atoms with Crippen molar-refractivity contribution in [1.29, 1.82) is 0 Å². The second-order valence-electron chi connectivity index (χ2n) is 2.38. The zero-order valence-electron chi connectivity index (χ0n) is 6.98. The van der Waals surface area contributed by atoms with E-state index in [1.165, 1.54) is 31.4 Å². The molecule has 0 radical (unpaired) electrons. The Morgan fingerprint density at radius 1 is 1.29 bits per heavy atom. The number of carbonyl (C=O) groups excluding carboxylic acids is 1. The van der Waals surface area contributed by atoms with E-state index in [4.69, 9.17) is 5.11 Å². The molecule has 0 amide bonds. The van der Waals surface area contributed by atoms with Crippen LogP contribution in [0.5, 0.6) is 0 Å². The number of hydrogen-bond acceptors (Lipinski definition) is 3.